The van der Waals surface area contributed by atoms with E-state index >= 15 is 0 Å². The predicted molar refractivity (Wildman–Crippen MR) is 84.9 cm³/mol. The molecule has 118 valence electrons. The number of ether oxygens (including phenoxy) is 1. The molecule has 0 atom stereocenters. The summed E-state index contributed by atoms with van der Waals surface area (Å²) < 4.78 is 22.0. The average molecular weight is 313 g/mol. The monoisotopic (exact) mass is 313 g/mol. The Hall–Kier alpha value is -2.54. The first-order valence-corrected chi connectivity index (χ1v) is 7.44. The number of hydrogen-bond donors (Lipinski definition) is 1. The largest absolute Gasteiger partial charge is 0.377 e. The summed E-state index contributed by atoms with van der Waals surface area (Å²) in [6.07, 6.45) is 3.29. The van der Waals surface area contributed by atoms with Crippen molar-refractivity contribution in [3.05, 3.63) is 36.0 Å². The summed E-state index contributed by atoms with van der Waals surface area (Å²) in [6.45, 7) is 3.24. The summed E-state index contributed by atoms with van der Waals surface area (Å²) in [7, 11) is 1.75. The predicted octanol–water partition coefficient (Wildman–Crippen LogP) is 2.55. The van der Waals surface area contributed by atoms with Crippen molar-refractivity contribution < 1.29 is 9.13 Å². The van der Waals surface area contributed by atoms with E-state index < -0.39 is 0 Å². The normalized spacial score (nSPS) is 14.9. The second-order valence-corrected chi connectivity index (χ2v) is 5.63. The Labute approximate surface area is 132 Å². The molecule has 23 heavy (non-hydrogen) atoms. The first-order valence-electron chi connectivity index (χ1n) is 7.44. The molecule has 0 bridgehead atoms. The number of benzene rings is 1. The van der Waals surface area contributed by atoms with Gasteiger partial charge in [0.05, 0.1) is 24.9 Å². The van der Waals surface area contributed by atoms with Crippen LogP contribution in [0.2, 0.25) is 0 Å². The average Bonchev–Trinajstić information content (AvgIpc) is 2.86. The number of anilines is 1. The highest BCUT2D eigenvalue weighted by Gasteiger charge is 2.24. The maximum Gasteiger partial charge on any atom is 0.159 e. The van der Waals surface area contributed by atoms with Crippen molar-refractivity contribution in [2.45, 2.75) is 13.0 Å². The van der Waals surface area contributed by atoms with Gasteiger partial charge < -0.3 is 10.1 Å². The van der Waals surface area contributed by atoms with E-state index in [-0.39, 0.29) is 11.9 Å². The molecule has 0 aliphatic carbocycles. The highest BCUT2D eigenvalue weighted by atomic mass is 19.1. The van der Waals surface area contributed by atoms with Crippen molar-refractivity contribution in [2.75, 3.05) is 25.6 Å². The van der Waals surface area contributed by atoms with Gasteiger partial charge in [-0.25, -0.2) is 14.4 Å². The molecule has 1 aliphatic heterocycles. The molecule has 3 heterocycles. The van der Waals surface area contributed by atoms with Gasteiger partial charge in [-0.05, 0) is 24.6 Å². The van der Waals surface area contributed by atoms with Crippen LogP contribution in [0, 0.1) is 12.7 Å². The standard InChI is InChI=1S/C16H16FN5O/c1-9-5-22(10-6-23-7-10)21-14(9)11-3-4-12-15(13(11)17)19-8-20-16(12)18-2/h3-5,8,10H,6-7H2,1-2H3,(H,18,19,20). The topological polar surface area (TPSA) is 64.9 Å². The highest BCUT2D eigenvalue weighted by Crippen LogP contribution is 2.32. The molecule has 1 saturated heterocycles. The van der Waals surface area contributed by atoms with Crippen LogP contribution in [0.1, 0.15) is 11.6 Å². The minimum Gasteiger partial charge on any atom is -0.377 e. The first-order chi connectivity index (χ1) is 11.2. The quantitative estimate of drug-likeness (QED) is 0.805. The van der Waals surface area contributed by atoms with Crippen LogP contribution in [0.25, 0.3) is 22.2 Å². The minimum atomic E-state index is -0.375. The molecule has 3 aromatic rings. The van der Waals surface area contributed by atoms with E-state index in [1.165, 1.54) is 6.33 Å². The molecule has 1 aromatic carbocycles. The van der Waals surface area contributed by atoms with Gasteiger partial charge in [0.15, 0.2) is 5.82 Å². The highest BCUT2D eigenvalue weighted by molar-refractivity contribution is 5.92. The third-order valence-electron chi connectivity index (χ3n) is 4.15. The Morgan fingerprint density at radius 1 is 1.30 bits per heavy atom. The van der Waals surface area contributed by atoms with Crippen LogP contribution in [0.15, 0.2) is 24.7 Å². The van der Waals surface area contributed by atoms with Crippen molar-refractivity contribution in [3.63, 3.8) is 0 Å². The van der Waals surface area contributed by atoms with Crippen LogP contribution in [0.5, 0.6) is 0 Å². The molecule has 0 unspecified atom stereocenters. The number of aryl methyl sites for hydroxylation is 1. The first kappa shape index (κ1) is 14.1. The van der Waals surface area contributed by atoms with E-state index in [4.69, 9.17) is 4.74 Å². The van der Waals surface area contributed by atoms with Gasteiger partial charge in [-0.15, -0.1) is 0 Å². The number of nitrogens with zero attached hydrogens (tertiary/aromatic N) is 4. The summed E-state index contributed by atoms with van der Waals surface area (Å²) in [5, 5.41) is 8.15. The van der Waals surface area contributed by atoms with Crippen LogP contribution in [-0.4, -0.2) is 40.0 Å². The van der Waals surface area contributed by atoms with Gasteiger partial charge in [-0.2, -0.15) is 5.10 Å². The molecular weight excluding hydrogens is 297 g/mol. The molecular formula is C16H16FN5O. The number of nitrogens with one attached hydrogen (secondary N) is 1. The molecule has 7 heteroatoms. The fourth-order valence-electron chi connectivity index (χ4n) is 2.79. The molecule has 4 rings (SSSR count). The van der Waals surface area contributed by atoms with Crippen molar-refractivity contribution in [1.29, 1.82) is 0 Å². The van der Waals surface area contributed by atoms with Crippen LogP contribution in [0.3, 0.4) is 0 Å². The van der Waals surface area contributed by atoms with Crippen LogP contribution in [0.4, 0.5) is 10.2 Å². The third kappa shape index (κ3) is 2.16. The van der Waals surface area contributed by atoms with E-state index in [0.29, 0.717) is 41.2 Å². The molecule has 6 nitrogen and oxygen atoms in total. The Bertz CT molecular complexity index is 888. The van der Waals surface area contributed by atoms with Crippen molar-refractivity contribution in [1.82, 2.24) is 19.7 Å². The maximum absolute atomic E-state index is 15.0. The van der Waals surface area contributed by atoms with Gasteiger partial charge in [-0.1, -0.05) is 0 Å². The van der Waals surface area contributed by atoms with E-state index in [1.54, 1.807) is 13.1 Å². The van der Waals surface area contributed by atoms with Gasteiger partial charge >= 0.3 is 0 Å². The number of halogens is 1. The van der Waals surface area contributed by atoms with Gasteiger partial charge in [0.1, 0.15) is 17.7 Å². The maximum atomic E-state index is 15.0. The van der Waals surface area contributed by atoms with Crippen molar-refractivity contribution in [2.24, 2.45) is 0 Å². The lowest BCUT2D eigenvalue weighted by Crippen LogP contribution is -2.30. The van der Waals surface area contributed by atoms with Crippen molar-refractivity contribution in [3.8, 4) is 11.3 Å². The van der Waals surface area contributed by atoms with Gasteiger partial charge in [-0.3, -0.25) is 4.68 Å². The number of fused-ring (bicyclic) bond motifs is 1. The van der Waals surface area contributed by atoms with E-state index in [1.807, 2.05) is 23.9 Å². The third-order valence-corrected chi connectivity index (χ3v) is 4.15. The number of hydrogen-bond acceptors (Lipinski definition) is 5. The zero-order valence-electron chi connectivity index (χ0n) is 12.9. The lowest BCUT2D eigenvalue weighted by Gasteiger charge is -2.26. The second-order valence-electron chi connectivity index (χ2n) is 5.63. The molecule has 2 aromatic heterocycles. The lowest BCUT2D eigenvalue weighted by molar-refractivity contribution is -0.0285. The van der Waals surface area contributed by atoms with Crippen LogP contribution >= 0.6 is 0 Å². The van der Waals surface area contributed by atoms with Crippen LogP contribution in [-0.2, 0) is 4.74 Å². The van der Waals surface area contributed by atoms with Gasteiger partial charge in [0, 0.05) is 24.2 Å². The molecule has 1 N–H and O–H groups in total. The second kappa shape index (κ2) is 5.27. The molecule has 1 aliphatic rings. The summed E-state index contributed by atoms with van der Waals surface area (Å²) in [6, 6.07) is 3.80. The van der Waals surface area contributed by atoms with Gasteiger partial charge in [0.25, 0.3) is 0 Å². The Morgan fingerprint density at radius 3 is 2.83 bits per heavy atom. The fourth-order valence-corrected chi connectivity index (χ4v) is 2.79. The minimum absolute atomic E-state index is 0.240. The smallest absolute Gasteiger partial charge is 0.159 e. The summed E-state index contributed by atoms with van der Waals surface area (Å²) >= 11 is 0. The molecule has 1 fully saturated rings. The SMILES string of the molecule is CNc1ncnc2c(F)c(-c3nn(C4COC4)cc3C)ccc12. The van der Waals surface area contributed by atoms with Gasteiger partial charge in [0.2, 0.25) is 0 Å². The lowest BCUT2D eigenvalue weighted by atomic mass is 10.1. The Morgan fingerprint density at radius 2 is 2.13 bits per heavy atom. The number of rotatable bonds is 3. The Balaban J connectivity index is 1.86. The zero-order chi connectivity index (χ0) is 16.0. The zero-order valence-corrected chi connectivity index (χ0v) is 12.9. The van der Waals surface area contributed by atoms with Crippen LogP contribution < -0.4 is 5.32 Å². The summed E-state index contributed by atoms with van der Waals surface area (Å²) in [4.78, 5) is 8.20. The Kier molecular flexibility index (Phi) is 3.23. The van der Waals surface area contributed by atoms with E-state index in [9.17, 15) is 4.39 Å². The van der Waals surface area contributed by atoms with Crippen molar-refractivity contribution >= 4 is 16.7 Å². The number of aromatic nitrogens is 4. The summed E-state index contributed by atoms with van der Waals surface area (Å²) in [5.74, 6) is 0.230. The molecule has 0 spiro atoms. The molecule has 0 radical (unpaired) electrons. The fraction of sp³-hybridized carbons (Fsp3) is 0.312. The molecule has 0 amide bonds. The summed E-state index contributed by atoms with van der Waals surface area (Å²) in [5.41, 5.74) is 2.32. The van der Waals surface area contributed by atoms with E-state index in [0.717, 1.165) is 5.56 Å². The van der Waals surface area contributed by atoms with E-state index in [2.05, 4.69) is 20.4 Å². The molecule has 0 saturated carbocycles.